The van der Waals surface area contributed by atoms with Crippen molar-refractivity contribution in [3.63, 3.8) is 0 Å². The van der Waals surface area contributed by atoms with Gasteiger partial charge in [0, 0.05) is 24.3 Å². The van der Waals surface area contributed by atoms with E-state index in [1.165, 1.54) is 5.56 Å². The van der Waals surface area contributed by atoms with Crippen LogP contribution in [-0.2, 0) is 4.79 Å². The largest absolute Gasteiger partial charge is 0.354 e. The molecule has 1 aliphatic rings. The second-order valence-corrected chi connectivity index (χ2v) is 8.13. The van der Waals surface area contributed by atoms with Crippen molar-refractivity contribution in [2.75, 3.05) is 23.3 Å². The van der Waals surface area contributed by atoms with Gasteiger partial charge in [-0.3, -0.25) is 4.79 Å². The highest BCUT2D eigenvalue weighted by Gasteiger charge is 2.27. The van der Waals surface area contributed by atoms with Crippen LogP contribution in [0.4, 0.5) is 11.5 Å². The summed E-state index contributed by atoms with van der Waals surface area (Å²) < 4.78 is 0. The summed E-state index contributed by atoms with van der Waals surface area (Å²) in [5, 5.41) is 12.1. The number of para-hydroxylation sites is 1. The number of piperidine rings is 1. The minimum atomic E-state index is -0.0596. The van der Waals surface area contributed by atoms with E-state index in [1.807, 2.05) is 56.3 Å². The van der Waals surface area contributed by atoms with E-state index in [9.17, 15) is 4.79 Å². The first-order valence-corrected chi connectivity index (χ1v) is 10.5. The lowest BCUT2D eigenvalue weighted by Gasteiger charge is -2.32. The fourth-order valence-corrected chi connectivity index (χ4v) is 4.13. The second kappa shape index (κ2) is 8.66. The molecule has 1 atom stereocenters. The van der Waals surface area contributed by atoms with Gasteiger partial charge in [0.05, 0.1) is 11.6 Å². The maximum absolute atomic E-state index is 13.0. The van der Waals surface area contributed by atoms with Crippen LogP contribution in [0.5, 0.6) is 0 Å². The van der Waals surface area contributed by atoms with E-state index in [1.54, 1.807) is 0 Å². The van der Waals surface area contributed by atoms with Gasteiger partial charge in [-0.05, 0) is 62.4 Å². The molecule has 154 valence electrons. The van der Waals surface area contributed by atoms with Gasteiger partial charge in [0.25, 0.3) is 0 Å². The van der Waals surface area contributed by atoms with Crippen LogP contribution in [-0.4, -0.2) is 29.2 Å². The molecule has 1 fully saturated rings. The zero-order chi connectivity index (χ0) is 21.1. The molecule has 1 aromatic heterocycles. The predicted molar refractivity (Wildman–Crippen MR) is 122 cm³/mol. The third-order valence-corrected chi connectivity index (χ3v) is 5.92. The lowest BCUT2D eigenvalue weighted by molar-refractivity contribution is -0.120. The Kier molecular flexibility index (Phi) is 5.79. The minimum absolute atomic E-state index is 0.0596. The molecule has 0 spiro atoms. The van der Waals surface area contributed by atoms with Crippen LogP contribution in [0, 0.1) is 26.7 Å². The molecule has 0 aliphatic carbocycles. The molecule has 3 aromatic rings. The van der Waals surface area contributed by atoms with Gasteiger partial charge >= 0.3 is 0 Å². The van der Waals surface area contributed by atoms with E-state index in [-0.39, 0.29) is 11.8 Å². The molecular formula is C25H28N4O. The first-order chi connectivity index (χ1) is 14.5. The van der Waals surface area contributed by atoms with Gasteiger partial charge in [-0.2, -0.15) is 0 Å². The van der Waals surface area contributed by atoms with Crippen molar-refractivity contribution in [2.24, 2.45) is 5.92 Å². The summed E-state index contributed by atoms with van der Waals surface area (Å²) in [5.74, 6) is 0.856. The monoisotopic (exact) mass is 400 g/mol. The number of amides is 1. The number of hydrogen-bond donors (Lipinski definition) is 1. The number of aryl methyl sites for hydroxylation is 3. The van der Waals surface area contributed by atoms with E-state index >= 15 is 0 Å². The number of nitrogens with zero attached hydrogens (tertiary/aromatic N) is 3. The Labute approximate surface area is 178 Å². The summed E-state index contributed by atoms with van der Waals surface area (Å²) in [5.41, 5.74) is 6.27. The fourth-order valence-electron chi connectivity index (χ4n) is 4.13. The summed E-state index contributed by atoms with van der Waals surface area (Å²) in [7, 11) is 0. The quantitative estimate of drug-likeness (QED) is 0.675. The van der Waals surface area contributed by atoms with Crippen molar-refractivity contribution in [1.29, 1.82) is 0 Å². The number of anilines is 2. The van der Waals surface area contributed by atoms with Crippen LogP contribution in [0.25, 0.3) is 11.3 Å². The van der Waals surface area contributed by atoms with Gasteiger partial charge in [0.15, 0.2) is 5.82 Å². The molecule has 5 nitrogen and oxygen atoms in total. The molecule has 1 N–H and O–H groups in total. The highest BCUT2D eigenvalue weighted by molar-refractivity contribution is 5.94. The van der Waals surface area contributed by atoms with Gasteiger partial charge in [-0.25, -0.2) is 0 Å². The Morgan fingerprint density at radius 3 is 2.37 bits per heavy atom. The molecule has 5 heteroatoms. The summed E-state index contributed by atoms with van der Waals surface area (Å²) in [6.07, 6.45) is 1.86. The number of benzene rings is 2. The lowest BCUT2D eigenvalue weighted by Crippen LogP contribution is -2.41. The van der Waals surface area contributed by atoms with Crippen molar-refractivity contribution in [1.82, 2.24) is 10.2 Å². The van der Waals surface area contributed by atoms with Crippen LogP contribution in [0.3, 0.4) is 0 Å². The Balaban J connectivity index is 1.46. The SMILES string of the molecule is Cc1ccccc1-c1ccc(N2CCCC(C(=O)Nc3c(C)cccc3C)C2)nn1. The van der Waals surface area contributed by atoms with Crippen LogP contribution >= 0.6 is 0 Å². The van der Waals surface area contributed by atoms with Crippen LogP contribution < -0.4 is 10.2 Å². The van der Waals surface area contributed by atoms with Crippen molar-refractivity contribution >= 4 is 17.4 Å². The topological polar surface area (TPSA) is 58.1 Å². The molecule has 2 aromatic carbocycles. The van der Waals surface area contributed by atoms with Crippen LogP contribution in [0.15, 0.2) is 54.6 Å². The number of hydrogen-bond acceptors (Lipinski definition) is 4. The Morgan fingerprint density at radius 1 is 0.933 bits per heavy atom. The summed E-state index contributed by atoms with van der Waals surface area (Å²) in [6.45, 7) is 7.69. The summed E-state index contributed by atoms with van der Waals surface area (Å²) >= 11 is 0. The first kappa shape index (κ1) is 20.1. The van der Waals surface area contributed by atoms with Crippen molar-refractivity contribution in [3.05, 3.63) is 71.3 Å². The number of carbonyl (C=O) groups excluding carboxylic acids is 1. The maximum Gasteiger partial charge on any atom is 0.229 e. The zero-order valence-corrected chi connectivity index (χ0v) is 17.9. The maximum atomic E-state index is 13.0. The molecule has 0 radical (unpaired) electrons. The number of carbonyl (C=O) groups is 1. The summed E-state index contributed by atoms with van der Waals surface area (Å²) in [4.78, 5) is 15.1. The van der Waals surface area contributed by atoms with Crippen molar-refractivity contribution in [3.8, 4) is 11.3 Å². The molecule has 30 heavy (non-hydrogen) atoms. The van der Waals surface area contributed by atoms with Gasteiger partial charge in [-0.15, -0.1) is 10.2 Å². The molecule has 2 heterocycles. The standard InChI is InChI=1S/C25H28N4O/c1-17-8-4-5-12-21(17)22-13-14-23(28-27-22)29-15-7-11-20(16-29)25(30)26-24-18(2)9-6-10-19(24)3/h4-6,8-10,12-14,20H,7,11,15-16H2,1-3H3,(H,26,30). The first-order valence-electron chi connectivity index (χ1n) is 10.5. The van der Waals surface area contributed by atoms with Gasteiger partial charge < -0.3 is 10.2 Å². The molecule has 1 amide bonds. The van der Waals surface area contributed by atoms with E-state index in [0.717, 1.165) is 53.3 Å². The third-order valence-electron chi connectivity index (χ3n) is 5.92. The van der Waals surface area contributed by atoms with Gasteiger partial charge in [0.1, 0.15) is 0 Å². The molecule has 0 bridgehead atoms. The zero-order valence-electron chi connectivity index (χ0n) is 17.9. The van der Waals surface area contributed by atoms with E-state index in [2.05, 4.69) is 39.5 Å². The lowest BCUT2D eigenvalue weighted by atomic mass is 9.96. The highest BCUT2D eigenvalue weighted by Crippen LogP contribution is 2.26. The van der Waals surface area contributed by atoms with E-state index in [4.69, 9.17) is 0 Å². The van der Waals surface area contributed by atoms with Crippen LogP contribution in [0.1, 0.15) is 29.5 Å². The van der Waals surface area contributed by atoms with Gasteiger partial charge in [0.2, 0.25) is 5.91 Å². The molecule has 1 aliphatic heterocycles. The predicted octanol–water partition coefficient (Wildman–Crippen LogP) is 4.92. The normalized spacial score (nSPS) is 16.4. The molecule has 1 unspecified atom stereocenters. The molecule has 4 rings (SSSR count). The van der Waals surface area contributed by atoms with Crippen LogP contribution in [0.2, 0.25) is 0 Å². The van der Waals surface area contributed by atoms with Gasteiger partial charge in [-0.1, -0.05) is 42.5 Å². The average molecular weight is 401 g/mol. The minimum Gasteiger partial charge on any atom is -0.354 e. The Bertz CT molecular complexity index is 1030. The molecule has 1 saturated heterocycles. The third kappa shape index (κ3) is 4.20. The Hall–Kier alpha value is -3.21. The Morgan fingerprint density at radius 2 is 1.67 bits per heavy atom. The second-order valence-electron chi connectivity index (χ2n) is 8.13. The highest BCUT2D eigenvalue weighted by atomic mass is 16.1. The van der Waals surface area contributed by atoms with E-state index < -0.39 is 0 Å². The molecular weight excluding hydrogens is 372 g/mol. The number of aromatic nitrogens is 2. The number of rotatable bonds is 4. The average Bonchev–Trinajstić information content (AvgIpc) is 2.77. The number of nitrogens with one attached hydrogen (secondary N) is 1. The molecule has 0 saturated carbocycles. The smallest absolute Gasteiger partial charge is 0.229 e. The summed E-state index contributed by atoms with van der Waals surface area (Å²) in [6, 6.07) is 18.3. The van der Waals surface area contributed by atoms with Crippen molar-refractivity contribution in [2.45, 2.75) is 33.6 Å². The fraction of sp³-hybridized carbons (Fsp3) is 0.320. The van der Waals surface area contributed by atoms with Crippen molar-refractivity contribution < 1.29 is 4.79 Å². The van der Waals surface area contributed by atoms with E-state index in [0.29, 0.717) is 6.54 Å².